The number of rotatable bonds is 14. The van der Waals surface area contributed by atoms with Crippen molar-refractivity contribution in [2.24, 2.45) is 0 Å². The van der Waals surface area contributed by atoms with Gasteiger partial charge in [-0.25, -0.2) is 4.79 Å². The molecule has 0 heterocycles. The van der Waals surface area contributed by atoms with Crippen molar-refractivity contribution in [1.82, 2.24) is 10.2 Å². The third kappa shape index (κ3) is 10.5. The number of nitrogens with one attached hydrogen (secondary N) is 2. The second-order valence-electron chi connectivity index (χ2n) is 12.2. The maximum atomic E-state index is 14.2. The van der Waals surface area contributed by atoms with Gasteiger partial charge in [-0.2, -0.15) is 0 Å². The van der Waals surface area contributed by atoms with Crippen molar-refractivity contribution >= 4 is 23.6 Å². The second-order valence-corrected chi connectivity index (χ2v) is 12.2. The van der Waals surface area contributed by atoms with Gasteiger partial charge in [0.15, 0.2) is 0 Å². The number of amides is 3. The number of aliphatic hydroxyl groups is 1. The fourth-order valence-electron chi connectivity index (χ4n) is 5.05. The molecule has 0 aromatic heterocycles. The molecule has 2 aromatic rings. The average molecular weight is 582 g/mol. The molecular formula is C34H51N3O5. The maximum Gasteiger partial charge on any atom is 0.408 e. The molecule has 0 saturated heterocycles. The van der Waals surface area contributed by atoms with Crippen LogP contribution >= 0.6 is 0 Å². The first kappa shape index (κ1) is 34.8. The Bertz CT molecular complexity index is 1180. The zero-order chi connectivity index (χ0) is 31.4. The van der Waals surface area contributed by atoms with Gasteiger partial charge in [-0.05, 0) is 77.1 Å². The molecule has 2 aromatic carbocycles. The molecule has 2 rings (SSSR count). The number of benzene rings is 2. The summed E-state index contributed by atoms with van der Waals surface area (Å²) in [6, 6.07) is 9.34. The first-order valence-corrected chi connectivity index (χ1v) is 15.1. The highest BCUT2D eigenvalue weighted by atomic mass is 16.6. The molecule has 2 atom stereocenters. The van der Waals surface area contributed by atoms with E-state index in [1.165, 1.54) is 4.90 Å². The van der Waals surface area contributed by atoms with Gasteiger partial charge in [-0.1, -0.05) is 81.0 Å². The number of alkyl carbamates (subject to hydrolysis) is 1. The highest BCUT2D eigenvalue weighted by Crippen LogP contribution is 2.30. The molecule has 0 saturated carbocycles. The zero-order valence-corrected chi connectivity index (χ0v) is 26.8. The summed E-state index contributed by atoms with van der Waals surface area (Å²) in [5.74, 6) is -0.897. The van der Waals surface area contributed by atoms with E-state index in [9.17, 15) is 19.5 Å². The Morgan fingerprint density at radius 1 is 0.905 bits per heavy atom. The summed E-state index contributed by atoms with van der Waals surface area (Å²) in [4.78, 5) is 42.5. The summed E-state index contributed by atoms with van der Waals surface area (Å²) in [5.41, 5.74) is 4.36. The molecule has 0 bridgehead atoms. The number of para-hydroxylation sites is 1. The lowest BCUT2D eigenvalue weighted by atomic mass is 9.95. The summed E-state index contributed by atoms with van der Waals surface area (Å²) in [6.07, 6.45) is 5.18. The van der Waals surface area contributed by atoms with E-state index < -0.39 is 36.3 Å². The van der Waals surface area contributed by atoms with Crippen molar-refractivity contribution in [3.05, 3.63) is 64.2 Å². The number of unbranched alkanes of at least 4 members (excludes halogenated alkanes) is 5. The monoisotopic (exact) mass is 581 g/mol. The molecule has 3 N–H and O–H groups in total. The Morgan fingerprint density at radius 3 is 2.10 bits per heavy atom. The lowest BCUT2D eigenvalue weighted by Gasteiger charge is -2.35. The van der Waals surface area contributed by atoms with E-state index in [1.54, 1.807) is 20.8 Å². The molecule has 0 fully saturated rings. The topological polar surface area (TPSA) is 108 Å². The number of hydrogen-bond acceptors (Lipinski definition) is 5. The van der Waals surface area contributed by atoms with Gasteiger partial charge in [-0.15, -0.1) is 0 Å². The van der Waals surface area contributed by atoms with Gasteiger partial charge in [0.05, 0.1) is 6.61 Å². The number of carbonyl (C=O) groups is 3. The summed E-state index contributed by atoms with van der Waals surface area (Å²) < 4.78 is 5.36. The van der Waals surface area contributed by atoms with E-state index in [4.69, 9.17) is 4.74 Å². The lowest BCUT2D eigenvalue weighted by Crippen LogP contribution is -2.54. The Kier molecular flexibility index (Phi) is 13.5. The van der Waals surface area contributed by atoms with Crippen LogP contribution in [-0.2, 0) is 14.3 Å². The fraction of sp³-hybridized carbons (Fsp3) is 0.559. The van der Waals surface area contributed by atoms with Crippen molar-refractivity contribution in [3.63, 3.8) is 0 Å². The van der Waals surface area contributed by atoms with Crippen LogP contribution in [0.5, 0.6) is 0 Å². The van der Waals surface area contributed by atoms with E-state index in [0.717, 1.165) is 54.4 Å². The molecule has 0 radical (unpaired) electrons. The number of ether oxygens (including phenoxy) is 1. The number of hydrogen-bond donors (Lipinski definition) is 3. The molecular weight excluding hydrogens is 530 g/mol. The zero-order valence-electron chi connectivity index (χ0n) is 26.8. The van der Waals surface area contributed by atoms with E-state index in [1.807, 2.05) is 64.1 Å². The van der Waals surface area contributed by atoms with Crippen LogP contribution in [0.1, 0.15) is 100 Å². The van der Waals surface area contributed by atoms with Crippen LogP contribution in [0.4, 0.5) is 10.5 Å². The average Bonchev–Trinajstić information content (AvgIpc) is 2.90. The molecule has 8 heteroatoms. The van der Waals surface area contributed by atoms with Gasteiger partial charge < -0.3 is 25.4 Å². The first-order chi connectivity index (χ1) is 19.8. The van der Waals surface area contributed by atoms with Crippen molar-refractivity contribution in [2.75, 3.05) is 18.5 Å². The molecule has 0 aliphatic heterocycles. The number of carbonyl (C=O) groups excluding carboxylic acids is 3. The smallest absolute Gasteiger partial charge is 0.408 e. The second kappa shape index (κ2) is 16.3. The van der Waals surface area contributed by atoms with Crippen LogP contribution in [0.2, 0.25) is 0 Å². The minimum Gasteiger partial charge on any atom is -0.444 e. The van der Waals surface area contributed by atoms with Crippen LogP contribution in [0.3, 0.4) is 0 Å². The van der Waals surface area contributed by atoms with Crippen LogP contribution in [0, 0.1) is 27.7 Å². The summed E-state index contributed by atoms with van der Waals surface area (Å²) in [5, 5.41) is 15.9. The summed E-state index contributed by atoms with van der Waals surface area (Å²) in [6.45, 7) is 14.8. The molecule has 0 spiro atoms. The van der Waals surface area contributed by atoms with E-state index in [-0.39, 0.29) is 12.5 Å². The van der Waals surface area contributed by atoms with Crippen LogP contribution in [-0.4, -0.2) is 52.7 Å². The largest absolute Gasteiger partial charge is 0.444 e. The molecule has 0 aliphatic rings. The van der Waals surface area contributed by atoms with Crippen molar-refractivity contribution in [2.45, 2.75) is 112 Å². The van der Waals surface area contributed by atoms with Crippen molar-refractivity contribution < 1.29 is 24.2 Å². The van der Waals surface area contributed by atoms with Gasteiger partial charge >= 0.3 is 6.09 Å². The standard InChI is InChI=1S/C34H51N3O5/c1-9-10-11-12-13-14-20-37(32(40)28(22-38)35-33(41)42-34(6,7)8)30(27-19-18-23(2)21-26(27)5)31(39)36-29-24(3)16-15-17-25(29)4/h15-19,21,28,30,38H,9-14,20,22H2,1-8H3,(H,35,41)(H,36,39). The Balaban J connectivity index is 2.54. The minimum atomic E-state index is -1.28. The number of aliphatic hydroxyl groups excluding tert-OH is 1. The first-order valence-electron chi connectivity index (χ1n) is 15.1. The molecule has 3 amide bonds. The summed E-state index contributed by atoms with van der Waals surface area (Å²) >= 11 is 0. The third-order valence-electron chi connectivity index (χ3n) is 7.22. The predicted molar refractivity (Wildman–Crippen MR) is 169 cm³/mol. The number of anilines is 1. The normalized spacial score (nSPS) is 12.8. The van der Waals surface area contributed by atoms with Gasteiger partial charge in [0.1, 0.15) is 17.7 Å². The predicted octanol–water partition coefficient (Wildman–Crippen LogP) is 6.67. The molecule has 2 unspecified atom stereocenters. The quantitative estimate of drug-likeness (QED) is 0.216. The number of aryl methyl sites for hydroxylation is 4. The maximum absolute atomic E-state index is 14.2. The summed E-state index contributed by atoms with van der Waals surface area (Å²) in [7, 11) is 0. The van der Waals surface area contributed by atoms with E-state index in [0.29, 0.717) is 17.7 Å². The lowest BCUT2D eigenvalue weighted by molar-refractivity contribution is -0.141. The van der Waals surface area contributed by atoms with E-state index in [2.05, 4.69) is 17.6 Å². The minimum absolute atomic E-state index is 0.287. The van der Waals surface area contributed by atoms with Gasteiger partial charge in [-0.3, -0.25) is 9.59 Å². The Morgan fingerprint density at radius 2 is 1.52 bits per heavy atom. The molecule has 232 valence electrons. The van der Waals surface area contributed by atoms with Gasteiger partial charge in [0.25, 0.3) is 5.91 Å². The highest BCUT2D eigenvalue weighted by Gasteiger charge is 2.37. The van der Waals surface area contributed by atoms with E-state index >= 15 is 0 Å². The SMILES string of the molecule is CCCCCCCCN(C(=O)C(CO)NC(=O)OC(C)(C)C)C(C(=O)Nc1c(C)cccc1C)c1ccc(C)cc1C. The van der Waals surface area contributed by atoms with Crippen LogP contribution < -0.4 is 10.6 Å². The van der Waals surface area contributed by atoms with Gasteiger partial charge in [0.2, 0.25) is 5.91 Å². The van der Waals surface area contributed by atoms with Gasteiger partial charge in [0, 0.05) is 12.2 Å². The Hall–Kier alpha value is -3.39. The third-order valence-corrected chi connectivity index (χ3v) is 7.22. The van der Waals surface area contributed by atoms with Crippen LogP contribution in [0.25, 0.3) is 0 Å². The fourth-order valence-corrected chi connectivity index (χ4v) is 5.05. The molecule has 0 aliphatic carbocycles. The molecule has 8 nitrogen and oxygen atoms in total. The van der Waals surface area contributed by atoms with Crippen LogP contribution in [0.15, 0.2) is 36.4 Å². The Labute approximate surface area is 252 Å². The highest BCUT2D eigenvalue weighted by molar-refractivity contribution is 6.00. The number of nitrogens with zero attached hydrogens (tertiary/aromatic N) is 1. The molecule has 42 heavy (non-hydrogen) atoms. The van der Waals surface area contributed by atoms with Crippen molar-refractivity contribution in [1.29, 1.82) is 0 Å². The van der Waals surface area contributed by atoms with Crippen molar-refractivity contribution in [3.8, 4) is 0 Å².